The largest absolute Gasteiger partial charge is 0.229 e. The van der Waals surface area contributed by atoms with E-state index in [-0.39, 0.29) is 5.41 Å². The molecule has 3 heteroatoms. The van der Waals surface area contributed by atoms with Gasteiger partial charge in [0.15, 0.2) is 0 Å². The summed E-state index contributed by atoms with van der Waals surface area (Å²) in [6.45, 7) is 8.52. The Hall–Kier alpha value is -0.0500. The second-order valence-corrected chi connectivity index (χ2v) is 6.95. The van der Waals surface area contributed by atoms with Crippen molar-refractivity contribution in [3.8, 4) is 0 Å². The van der Waals surface area contributed by atoms with Crippen molar-refractivity contribution in [3.63, 3.8) is 0 Å². The van der Waals surface area contributed by atoms with Crippen LogP contribution in [-0.2, 0) is 9.84 Å². The minimum atomic E-state index is -2.78. The zero-order valence-corrected chi connectivity index (χ0v) is 9.53. The van der Waals surface area contributed by atoms with E-state index in [0.29, 0.717) is 11.7 Å². The predicted molar refractivity (Wildman–Crippen MR) is 52.9 cm³/mol. The summed E-state index contributed by atoms with van der Waals surface area (Å²) in [6.07, 6.45) is 2.06. The lowest BCUT2D eigenvalue weighted by Gasteiger charge is -2.26. The highest BCUT2D eigenvalue weighted by Gasteiger charge is 2.20. The molecule has 0 aromatic rings. The predicted octanol–water partition coefficient (Wildman–Crippen LogP) is 2.10. The SMILES string of the molecule is CC(CCS(C)(=O)=O)C(C)(C)C. The van der Waals surface area contributed by atoms with E-state index in [4.69, 9.17) is 0 Å². The molecule has 0 saturated heterocycles. The van der Waals surface area contributed by atoms with Crippen molar-refractivity contribution in [1.29, 1.82) is 0 Å². The Morgan fingerprint density at radius 2 is 1.67 bits per heavy atom. The van der Waals surface area contributed by atoms with Gasteiger partial charge in [0, 0.05) is 6.26 Å². The molecule has 0 aromatic heterocycles. The van der Waals surface area contributed by atoms with Crippen molar-refractivity contribution in [1.82, 2.24) is 0 Å². The highest BCUT2D eigenvalue weighted by molar-refractivity contribution is 7.90. The highest BCUT2D eigenvalue weighted by atomic mass is 32.2. The molecule has 0 fully saturated rings. The summed E-state index contributed by atoms with van der Waals surface area (Å²) in [6, 6.07) is 0. The molecule has 1 atom stereocenters. The van der Waals surface area contributed by atoms with E-state index in [1.807, 2.05) is 0 Å². The lowest BCUT2D eigenvalue weighted by molar-refractivity contribution is 0.255. The van der Waals surface area contributed by atoms with Crippen molar-refractivity contribution < 1.29 is 8.42 Å². The van der Waals surface area contributed by atoms with Gasteiger partial charge >= 0.3 is 0 Å². The van der Waals surface area contributed by atoms with Crippen molar-refractivity contribution in [3.05, 3.63) is 0 Å². The Morgan fingerprint density at radius 1 is 1.25 bits per heavy atom. The molecule has 0 aliphatic heterocycles. The molecule has 0 amide bonds. The average molecular weight is 192 g/mol. The van der Waals surface area contributed by atoms with E-state index in [1.165, 1.54) is 6.26 Å². The van der Waals surface area contributed by atoms with Crippen LogP contribution < -0.4 is 0 Å². The van der Waals surface area contributed by atoms with Crippen LogP contribution in [0.15, 0.2) is 0 Å². The molecule has 1 unspecified atom stereocenters. The standard InChI is InChI=1S/C9H20O2S/c1-8(9(2,3)4)6-7-12(5,10)11/h8H,6-7H2,1-5H3. The van der Waals surface area contributed by atoms with Gasteiger partial charge in [0.25, 0.3) is 0 Å². The van der Waals surface area contributed by atoms with Gasteiger partial charge in [-0.05, 0) is 17.8 Å². The van der Waals surface area contributed by atoms with Crippen LogP contribution in [0.2, 0.25) is 0 Å². The van der Waals surface area contributed by atoms with Crippen molar-refractivity contribution in [2.75, 3.05) is 12.0 Å². The molecular formula is C9H20O2S. The van der Waals surface area contributed by atoms with Gasteiger partial charge in [-0.2, -0.15) is 0 Å². The summed E-state index contributed by atoms with van der Waals surface area (Å²) in [5.74, 6) is 0.762. The normalized spacial score (nSPS) is 16.1. The minimum absolute atomic E-state index is 0.213. The van der Waals surface area contributed by atoms with E-state index in [1.54, 1.807) is 0 Å². The van der Waals surface area contributed by atoms with Crippen LogP contribution in [-0.4, -0.2) is 20.4 Å². The maximum atomic E-state index is 10.9. The molecule has 0 bridgehead atoms. The first-order valence-corrected chi connectivity index (χ1v) is 6.37. The molecule has 0 spiro atoms. The van der Waals surface area contributed by atoms with E-state index in [0.717, 1.165) is 6.42 Å². The maximum absolute atomic E-state index is 10.9. The minimum Gasteiger partial charge on any atom is -0.229 e. The van der Waals surface area contributed by atoms with Crippen LogP contribution in [0.4, 0.5) is 0 Å². The second-order valence-electron chi connectivity index (χ2n) is 4.69. The molecule has 0 radical (unpaired) electrons. The number of rotatable bonds is 3. The Labute approximate surface area is 76.3 Å². The summed E-state index contributed by atoms with van der Waals surface area (Å²) in [7, 11) is -2.78. The topological polar surface area (TPSA) is 34.1 Å². The van der Waals surface area contributed by atoms with Gasteiger partial charge < -0.3 is 0 Å². The fourth-order valence-electron chi connectivity index (χ4n) is 0.824. The highest BCUT2D eigenvalue weighted by Crippen LogP contribution is 2.28. The van der Waals surface area contributed by atoms with Crippen molar-refractivity contribution >= 4 is 9.84 Å². The van der Waals surface area contributed by atoms with Crippen LogP contribution >= 0.6 is 0 Å². The monoisotopic (exact) mass is 192 g/mol. The third kappa shape index (κ3) is 5.58. The van der Waals surface area contributed by atoms with Crippen molar-refractivity contribution in [2.24, 2.45) is 11.3 Å². The Balaban J connectivity index is 3.97. The van der Waals surface area contributed by atoms with Gasteiger partial charge in [-0.1, -0.05) is 27.7 Å². The van der Waals surface area contributed by atoms with Crippen LogP contribution in [0.25, 0.3) is 0 Å². The Kier molecular flexibility index (Phi) is 3.76. The van der Waals surface area contributed by atoms with E-state index < -0.39 is 9.84 Å². The quantitative estimate of drug-likeness (QED) is 0.686. The third-order valence-corrected chi connectivity index (χ3v) is 3.38. The van der Waals surface area contributed by atoms with Crippen LogP contribution in [0.1, 0.15) is 34.1 Å². The van der Waals surface area contributed by atoms with E-state index >= 15 is 0 Å². The molecule has 74 valence electrons. The fourth-order valence-corrected chi connectivity index (χ4v) is 1.61. The molecule has 0 N–H and O–H groups in total. The van der Waals surface area contributed by atoms with Crippen LogP contribution in [0.5, 0.6) is 0 Å². The second kappa shape index (κ2) is 3.77. The smallest absolute Gasteiger partial charge is 0.147 e. The van der Waals surface area contributed by atoms with E-state index in [9.17, 15) is 8.42 Å². The van der Waals surface area contributed by atoms with Gasteiger partial charge in [0.1, 0.15) is 9.84 Å². The summed E-state index contributed by atoms with van der Waals surface area (Å²) in [5.41, 5.74) is 0.213. The number of hydrogen-bond acceptors (Lipinski definition) is 2. The third-order valence-electron chi connectivity index (χ3n) is 2.40. The molecule has 0 rings (SSSR count). The molecule has 0 saturated carbocycles. The van der Waals surface area contributed by atoms with Crippen LogP contribution in [0, 0.1) is 11.3 Å². The first-order chi connectivity index (χ1) is 5.13. The van der Waals surface area contributed by atoms with Gasteiger partial charge in [-0.25, -0.2) is 8.42 Å². The first kappa shape index (κ1) is 11.9. The zero-order valence-electron chi connectivity index (χ0n) is 8.72. The molecule has 0 aliphatic carbocycles. The molecule has 12 heavy (non-hydrogen) atoms. The molecular weight excluding hydrogens is 172 g/mol. The number of sulfone groups is 1. The number of hydrogen-bond donors (Lipinski definition) is 0. The van der Waals surface area contributed by atoms with Gasteiger partial charge in [0.05, 0.1) is 5.75 Å². The molecule has 0 aliphatic rings. The van der Waals surface area contributed by atoms with E-state index in [2.05, 4.69) is 27.7 Å². The summed E-state index contributed by atoms with van der Waals surface area (Å²) in [5, 5.41) is 0. The first-order valence-electron chi connectivity index (χ1n) is 4.30. The van der Waals surface area contributed by atoms with Crippen LogP contribution in [0.3, 0.4) is 0 Å². The summed E-state index contributed by atoms with van der Waals surface area (Å²) < 4.78 is 21.7. The Morgan fingerprint density at radius 3 is 1.92 bits per heavy atom. The van der Waals surface area contributed by atoms with Gasteiger partial charge in [0.2, 0.25) is 0 Å². The Bertz CT molecular complexity index is 221. The molecule has 0 aromatic carbocycles. The van der Waals surface area contributed by atoms with Gasteiger partial charge in [-0.3, -0.25) is 0 Å². The van der Waals surface area contributed by atoms with Gasteiger partial charge in [-0.15, -0.1) is 0 Å². The summed E-state index contributed by atoms with van der Waals surface area (Å²) >= 11 is 0. The molecule has 0 heterocycles. The summed E-state index contributed by atoms with van der Waals surface area (Å²) in [4.78, 5) is 0. The zero-order chi connectivity index (χ0) is 9.99. The molecule has 2 nitrogen and oxygen atoms in total. The van der Waals surface area contributed by atoms with Crippen molar-refractivity contribution in [2.45, 2.75) is 34.1 Å². The maximum Gasteiger partial charge on any atom is 0.147 e. The lowest BCUT2D eigenvalue weighted by Crippen LogP contribution is -2.20. The fraction of sp³-hybridized carbons (Fsp3) is 1.00. The lowest BCUT2D eigenvalue weighted by atomic mass is 9.81. The average Bonchev–Trinajstić information content (AvgIpc) is 1.78.